The van der Waals surface area contributed by atoms with Gasteiger partial charge in [0.2, 0.25) is 0 Å². The zero-order chi connectivity index (χ0) is 14.3. The van der Waals surface area contributed by atoms with Gasteiger partial charge in [-0.15, -0.1) is 11.8 Å². The lowest BCUT2D eigenvalue weighted by molar-refractivity contribution is 0.589. The third-order valence-electron chi connectivity index (χ3n) is 3.15. The number of sulfonamides is 1. The highest BCUT2D eigenvalue weighted by Gasteiger charge is 2.32. The molecule has 0 spiro atoms. The summed E-state index contributed by atoms with van der Waals surface area (Å²) in [6, 6.07) is 7.60. The van der Waals surface area contributed by atoms with Crippen LogP contribution in [0.1, 0.15) is 6.92 Å². The maximum Gasteiger partial charge on any atom is 0.267 e. The number of benzene rings is 1. The van der Waals surface area contributed by atoms with Crippen LogP contribution < -0.4 is 4.31 Å². The van der Waals surface area contributed by atoms with Gasteiger partial charge in [-0.25, -0.2) is 8.42 Å². The van der Waals surface area contributed by atoms with E-state index in [2.05, 4.69) is 5.10 Å². The van der Waals surface area contributed by atoms with Crippen LogP contribution in [0.3, 0.4) is 0 Å². The number of fused-ring (bicyclic) bond motifs is 1. The number of aromatic nitrogens is 2. The summed E-state index contributed by atoms with van der Waals surface area (Å²) in [5.41, 5.74) is 0.749. The monoisotopic (exact) mass is 309 g/mol. The fourth-order valence-electron chi connectivity index (χ4n) is 2.24. The van der Waals surface area contributed by atoms with E-state index in [0.29, 0.717) is 6.54 Å². The van der Waals surface area contributed by atoms with Gasteiger partial charge >= 0.3 is 0 Å². The first-order valence-corrected chi connectivity index (χ1v) is 8.57. The van der Waals surface area contributed by atoms with Crippen molar-refractivity contribution in [3.05, 3.63) is 36.7 Å². The fourth-order valence-corrected chi connectivity index (χ4v) is 5.06. The molecule has 7 heteroatoms. The molecule has 3 rings (SSSR count). The van der Waals surface area contributed by atoms with Crippen LogP contribution in [0.4, 0.5) is 5.69 Å². The molecule has 0 radical (unpaired) electrons. The molecule has 1 aromatic carbocycles. The number of para-hydroxylation sites is 1. The lowest BCUT2D eigenvalue weighted by Crippen LogP contribution is -2.38. The highest BCUT2D eigenvalue weighted by atomic mass is 32.2. The van der Waals surface area contributed by atoms with Crippen molar-refractivity contribution in [3.63, 3.8) is 0 Å². The number of aryl methyl sites for hydroxylation is 1. The van der Waals surface area contributed by atoms with Crippen molar-refractivity contribution in [2.45, 2.75) is 22.0 Å². The molecule has 5 nitrogen and oxygen atoms in total. The topological polar surface area (TPSA) is 55.2 Å². The van der Waals surface area contributed by atoms with Gasteiger partial charge in [0, 0.05) is 29.9 Å². The maximum atomic E-state index is 12.8. The highest BCUT2D eigenvalue weighted by Crippen LogP contribution is 2.40. The summed E-state index contributed by atoms with van der Waals surface area (Å²) >= 11 is 1.71. The molecule has 1 aliphatic rings. The predicted octanol–water partition coefficient (Wildman–Crippen LogP) is 2.11. The van der Waals surface area contributed by atoms with Crippen molar-refractivity contribution in [2.75, 3.05) is 10.8 Å². The summed E-state index contributed by atoms with van der Waals surface area (Å²) < 4.78 is 28.5. The first-order valence-electron chi connectivity index (χ1n) is 6.25. The summed E-state index contributed by atoms with van der Waals surface area (Å²) in [4.78, 5) is 1.23. The van der Waals surface area contributed by atoms with Crippen LogP contribution >= 0.6 is 11.8 Å². The van der Waals surface area contributed by atoms with E-state index in [4.69, 9.17) is 0 Å². The Labute approximate surface area is 122 Å². The Morgan fingerprint density at radius 2 is 2.10 bits per heavy atom. The van der Waals surface area contributed by atoms with E-state index in [0.717, 1.165) is 10.6 Å². The minimum atomic E-state index is -3.55. The maximum absolute atomic E-state index is 12.8. The third kappa shape index (κ3) is 2.20. The van der Waals surface area contributed by atoms with Gasteiger partial charge in [-0.2, -0.15) is 5.10 Å². The summed E-state index contributed by atoms with van der Waals surface area (Å²) in [7, 11) is -1.84. The first-order chi connectivity index (χ1) is 9.48. The molecule has 2 heterocycles. The molecule has 1 aliphatic heterocycles. The number of nitrogens with zero attached hydrogens (tertiary/aromatic N) is 3. The number of thioether (sulfide) groups is 1. The van der Waals surface area contributed by atoms with E-state index < -0.39 is 10.0 Å². The average molecular weight is 309 g/mol. The smallest absolute Gasteiger partial charge is 0.267 e. The SMILES string of the molecule is C[C@H]1CN(S(=O)(=O)c2cnn(C)c2)c2ccccc2S1. The summed E-state index contributed by atoms with van der Waals surface area (Å²) in [5, 5.41) is 4.18. The Kier molecular flexibility index (Phi) is 3.25. The van der Waals surface area contributed by atoms with E-state index in [-0.39, 0.29) is 10.1 Å². The van der Waals surface area contributed by atoms with Gasteiger partial charge < -0.3 is 0 Å². The normalized spacial score (nSPS) is 18.9. The van der Waals surface area contributed by atoms with Gasteiger partial charge in [-0.05, 0) is 12.1 Å². The van der Waals surface area contributed by atoms with Gasteiger partial charge in [0.15, 0.2) is 0 Å². The van der Waals surface area contributed by atoms with Crippen molar-refractivity contribution < 1.29 is 8.42 Å². The molecule has 0 N–H and O–H groups in total. The molecule has 106 valence electrons. The molecule has 1 aromatic heterocycles. The Morgan fingerprint density at radius 1 is 1.35 bits per heavy atom. The Hall–Kier alpha value is -1.47. The van der Waals surface area contributed by atoms with E-state index in [1.54, 1.807) is 18.8 Å². The Balaban J connectivity index is 2.10. The quantitative estimate of drug-likeness (QED) is 0.852. The molecule has 0 unspecified atom stereocenters. The van der Waals surface area contributed by atoms with Crippen molar-refractivity contribution in [1.82, 2.24) is 9.78 Å². The van der Waals surface area contributed by atoms with E-state index in [1.165, 1.54) is 21.4 Å². The second-order valence-corrected chi connectivity index (χ2v) is 8.12. The van der Waals surface area contributed by atoms with E-state index in [1.807, 2.05) is 31.2 Å². The summed E-state index contributed by atoms with van der Waals surface area (Å²) in [6.07, 6.45) is 2.93. The largest absolute Gasteiger partial charge is 0.274 e. The van der Waals surface area contributed by atoms with Crippen LogP contribution in [0.15, 0.2) is 46.5 Å². The minimum absolute atomic E-state index is 0.219. The lowest BCUT2D eigenvalue weighted by atomic mass is 10.3. The van der Waals surface area contributed by atoms with E-state index >= 15 is 0 Å². The average Bonchev–Trinajstić information content (AvgIpc) is 2.85. The molecule has 0 bridgehead atoms. The number of hydrogen-bond acceptors (Lipinski definition) is 4. The van der Waals surface area contributed by atoms with Crippen LogP contribution in [-0.2, 0) is 17.1 Å². The molecule has 0 amide bonds. The molecular weight excluding hydrogens is 294 g/mol. The fraction of sp³-hybridized carbons (Fsp3) is 0.308. The summed E-state index contributed by atoms with van der Waals surface area (Å²) in [5.74, 6) is 0. The van der Waals surface area contributed by atoms with Crippen molar-refractivity contribution in [1.29, 1.82) is 0 Å². The van der Waals surface area contributed by atoms with Crippen molar-refractivity contribution in [3.8, 4) is 0 Å². The Bertz CT molecular complexity index is 740. The number of anilines is 1. The highest BCUT2D eigenvalue weighted by molar-refractivity contribution is 8.00. The number of rotatable bonds is 2. The van der Waals surface area contributed by atoms with Gasteiger partial charge in [0.1, 0.15) is 4.90 Å². The third-order valence-corrected chi connectivity index (χ3v) is 6.04. The van der Waals surface area contributed by atoms with Crippen LogP contribution in [-0.4, -0.2) is 30.0 Å². The van der Waals surface area contributed by atoms with Crippen LogP contribution in [0, 0.1) is 0 Å². The molecule has 1 atom stereocenters. The van der Waals surface area contributed by atoms with Gasteiger partial charge in [0.05, 0.1) is 11.9 Å². The van der Waals surface area contributed by atoms with Crippen LogP contribution in [0.5, 0.6) is 0 Å². The van der Waals surface area contributed by atoms with Gasteiger partial charge in [0.25, 0.3) is 10.0 Å². The molecule has 0 fully saturated rings. The predicted molar refractivity (Wildman–Crippen MR) is 79.5 cm³/mol. The first kappa shape index (κ1) is 13.5. The molecule has 0 saturated heterocycles. The van der Waals surface area contributed by atoms with Gasteiger partial charge in [-0.1, -0.05) is 19.1 Å². The molecule has 0 saturated carbocycles. The Morgan fingerprint density at radius 3 is 2.80 bits per heavy atom. The van der Waals surface area contributed by atoms with E-state index in [9.17, 15) is 8.42 Å². The second kappa shape index (κ2) is 4.82. The number of hydrogen-bond donors (Lipinski definition) is 0. The molecule has 0 aliphatic carbocycles. The zero-order valence-electron chi connectivity index (χ0n) is 11.2. The van der Waals surface area contributed by atoms with Crippen LogP contribution in [0.2, 0.25) is 0 Å². The standard InChI is InChI=1S/C13H15N3O2S2/c1-10-8-16(12-5-3-4-6-13(12)19-10)20(17,18)11-7-14-15(2)9-11/h3-7,9-10H,8H2,1-2H3/t10-/m0/s1. The van der Waals surface area contributed by atoms with Crippen molar-refractivity contribution in [2.24, 2.45) is 7.05 Å². The summed E-state index contributed by atoms with van der Waals surface area (Å²) in [6.45, 7) is 2.51. The minimum Gasteiger partial charge on any atom is -0.274 e. The van der Waals surface area contributed by atoms with Crippen LogP contribution in [0.25, 0.3) is 0 Å². The van der Waals surface area contributed by atoms with Gasteiger partial charge in [-0.3, -0.25) is 8.99 Å². The molecular formula is C13H15N3O2S2. The molecule has 2 aromatic rings. The second-order valence-electron chi connectivity index (χ2n) is 4.78. The molecule has 20 heavy (non-hydrogen) atoms. The lowest BCUT2D eigenvalue weighted by Gasteiger charge is -2.32. The van der Waals surface area contributed by atoms with Crippen molar-refractivity contribution >= 4 is 27.5 Å². The zero-order valence-corrected chi connectivity index (χ0v) is 12.9.